The highest BCUT2D eigenvalue weighted by atomic mass is 32.2. The molecule has 1 heterocycles. The third-order valence-electron chi connectivity index (χ3n) is 6.69. The Morgan fingerprint density at radius 3 is 2.11 bits per heavy atom. The van der Waals surface area contributed by atoms with Crippen LogP contribution >= 0.6 is 0 Å². The highest BCUT2D eigenvalue weighted by molar-refractivity contribution is 7.90. The fourth-order valence-electron chi connectivity index (χ4n) is 4.78. The van der Waals surface area contributed by atoms with Crippen molar-refractivity contribution in [1.29, 1.82) is 0 Å². The monoisotopic (exact) mass is 519 g/mol. The van der Waals surface area contributed by atoms with E-state index in [1.54, 1.807) is 24.3 Å². The molecule has 0 unspecified atom stereocenters. The van der Waals surface area contributed by atoms with Crippen LogP contribution in [0.2, 0.25) is 0 Å². The van der Waals surface area contributed by atoms with Crippen molar-refractivity contribution in [2.24, 2.45) is 0 Å². The minimum atomic E-state index is -3.99. The van der Waals surface area contributed by atoms with Crippen LogP contribution in [-0.4, -0.2) is 18.4 Å². The summed E-state index contributed by atoms with van der Waals surface area (Å²) >= 11 is 0. The number of esters is 1. The number of carbonyl (C=O) groups is 1. The van der Waals surface area contributed by atoms with Crippen molar-refractivity contribution in [3.05, 3.63) is 114 Å². The lowest BCUT2D eigenvalue weighted by atomic mass is 9.83. The first-order valence-electron chi connectivity index (χ1n) is 12.1. The molecule has 0 N–H and O–H groups in total. The normalized spacial score (nSPS) is 14.8. The van der Waals surface area contributed by atoms with Gasteiger partial charge in [-0.2, -0.15) is 0 Å². The van der Waals surface area contributed by atoms with Gasteiger partial charge in [-0.3, -0.25) is 4.79 Å². The van der Waals surface area contributed by atoms with Gasteiger partial charge in [0.05, 0.1) is 10.6 Å². The largest absolute Gasteiger partial charge is 0.460 e. The molecule has 1 aliphatic rings. The van der Waals surface area contributed by atoms with E-state index >= 15 is 0 Å². The number of benzene rings is 3. The van der Waals surface area contributed by atoms with Crippen LogP contribution in [0, 0.1) is 5.82 Å². The van der Waals surface area contributed by atoms with Gasteiger partial charge in [-0.25, -0.2) is 16.8 Å². The molecule has 0 radical (unpaired) electrons. The number of halogens is 1. The van der Waals surface area contributed by atoms with Gasteiger partial charge in [0.15, 0.2) is 0 Å². The van der Waals surface area contributed by atoms with Crippen LogP contribution in [-0.2, 0) is 31.6 Å². The average Bonchev–Trinajstić information content (AvgIpc) is 3.61. The van der Waals surface area contributed by atoms with Gasteiger partial charge in [-0.05, 0) is 79.1 Å². The van der Waals surface area contributed by atoms with Crippen LogP contribution in [0.3, 0.4) is 0 Å². The molecule has 5 rings (SSSR count). The number of hydrogen-bond donors (Lipinski definition) is 0. The lowest BCUT2D eigenvalue weighted by Gasteiger charge is -2.28. The average molecular weight is 520 g/mol. The minimum Gasteiger partial charge on any atom is -0.460 e. The molecule has 1 aliphatic carbocycles. The fourth-order valence-corrected chi connectivity index (χ4v) is 6.21. The molecule has 0 aliphatic heterocycles. The van der Waals surface area contributed by atoms with Crippen LogP contribution in [0.4, 0.5) is 4.39 Å². The Labute approximate surface area is 215 Å². The Balaban J connectivity index is 1.40. The van der Waals surface area contributed by atoms with E-state index in [0.717, 1.165) is 18.4 Å². The van der Waals surface area contributed by atoms with E-state index in [1.807, 2.05) is 30.3 Å². The quantitative estimate of drug-likeness (QED) is 0.259. The van der Waals surface area contributed by atoms with Gasteiger partial charge in [-0.1, -0.05) is 43.2 Å². The number of ether oxygens (including phenoxy) is 2. The lowest BCUT2D eigenvalue weighted by Crippen LogP contribution is -2.37. The van der Waals surface area contributed by atoms with Crippen LogP contribution in [0.5, 0.6) is 11.5 Å². The molecule has 37 heavy (non-hydrogen) atoms. The maximum absolute atomic E-state index is 13.7. The number of hydrogen-bond acceptors (Lipinski definition) is 5. The first-order chi connectivity index (χ1) is 17.9. The molecule has 190 valence electrons. The Hall–Kier alpha value is -3.91. The lowest BCUT2D eigenvalue weighted by molar-refractivity contribution is -0.152. The zero-order valence-corrected chi connectivity index (χ0v) is 20.9. The molecule has 0 bridgehead atoms. The van der Waals surface area contributed by atoms with E-state index in [-0.39, 0.29) is 17.3 Å². The molecule has 1 saturated carbocycles. The summed E-state index contributed by atoms with van der Waals surface area (Å²) in [4.78, 5) is 13.5. The van der Waals surface area contributed by atoms with Crippen LogP contribution < -0.4 is 4.74 Å². The van der Waals surface area contributed by atoms with Gasteiger partial charge in [0.25, 0.3) is 10.0 Å². The van der Waals surface area contributed by atoms with Crippen LogP contribution in [0.15, 0.2) is 102 Å². The van der Waals surface area contributed by atoms with E-state index in [1.165, 1.54) is 46.6 Å². The third kappa shape index (κ3) is 5.02. The van der Waals surface area contributed by atoms with E-state index in [4.69, 9.17) is 9.47 Å². The zero-order chi connectivity index (χ0) is 25.9. The standard InChI is InChI=1S/C29H26FNO5S/c30-23-10-12-24(13-11-23)36-25-14-16-26(17-15-25)37(33,34)31-20-6-9-27(31)29(18-4-5-19-29)28(32)35-21-22-7-2-1-3-8-22/h1-3,6-17,20H,4-5,18-19,21H2. The number of carbonyl (C=O) groups excluding carboxylic acids is 1. The number of rotatable bonds is 8. The van der Waals surface area contributed by atoms with Gasteiger partial charge in [-0.15, -0.1) is 0 Å². The fraction of sp³-hybridized carbons (Fsp3) is 0.207. The molecule has 3 aromatic carbocycles. The predicted molar refractivity (Wildman–Crippen MR) is 136 cm³/mol. The molecule has 4 aromatic rings. The molecule has 6 nitrogen and oxygen atoms in total. The summed E-state index contributed by atoms with van der Waals surface area (Å²) in [7, 11) is -3.99. The highest BCUT2D eigenvalue weighted by Gasteiger charge is 2.47. The summed E-state index contributed by atoms with van der Waals surface area (Å²) in [5, 5.41) is 0. The summed E-state index contributed by atoms with van der Waals surface area (Å²) in [6.07, 6.45) is 4.12. The second kappa shape index (κ2) is 10.2. The van der Waals surface area contributed by atoms with Crippen LogP contribution in [0.25, 0.3) is 0 Å². The first kappa shape index (κ1) is 24.8. The molecule has 8 heteroatoms. The SMILES string of the molecule is O=C(OCc1ccccc1)C1(c2cccn2S(=O)(=O)c2ccc(Oc3ccc(F)cc3)cc2)CCCC1. The number of aromatic nitrogens is 1. The van der Waals surface area contributed by atoms with Crippen molar-refractivity contribution in [3.63, 3.8) is 0 Å². The second-order valence-corrected chi connectivity index (χ2v) is 10.9. The van der Waals surface area contributed by atoms with Gasteiger partial charge in [0.2, 0.25) is 0 Å². The molecule has 0 spiro atoms. The summed E-state index contributed by atoms with van der Waals surface area (Å²) in [6.45, 7) is 0.129. The topological polar surface area (TPSA) is 74.6 Å². The zero-order valence-electron chi connectivity index (χ0n) is 20.0. The Morgan fingerprint density at radius 2 is 1.46 bits per heavy atom. The Kier molecular flexibility index (Phi) is 6.84. The van der Waals surface area contributed by atoms with Crippen molar-refractivity contribution in [2.45, 2.75) is 42.6 Å². The van der Waals surface area contributed by atoms with E-state index in [2.05, 4.69) is 0 Å². The predicted octanol–water partition coefficient (Wildman–Crippen LogP) is 6.21. The van der Waals surface area contributed by atoms with Crippen molar-refractivity contribution in [2.75, 3.05) is 0 Å². The maximum atomic E-state index is 13.7. The smallest absolute Gasteiger partial charge is 0.318 e. The second-order valence-electron chi connectivity index (χ2n) is 9.07. The summed E-state index contributed by atoms with van der Waals surface area (Å²) in [6, 6.07) is 24.3. The molecule has 1 aromatic heterocycles. The van der Waals surface area contributed by atoms with Crippen LogP contribution in [0.1, 0.15) is 36.9 Å². The van der Waals surface area contributed by atoms with E-state index < -0.39 is 21.4 Å². The van der Waals surface area contributed by atoms with Gasteiger partial charge in [0, 0.05) is 6.20 Å². The molecular weight excluding hydrogens is 493 g/mol. The summed E-state index contributed by atoms with van der Waals surface area (Å²) in [5.74, 6) is 0.0595. The Bertz CT molecular complexity index is 1470. The molecule has 0 amide bonds. The van der Waals surface area contributed by atoms with E-state index in [9.17, 15) is 17.6 Å². The molecule has 1 fully saturated rings. The highest BCUT2D eigenvalue weighted by Crippen LogP contribution is 2.43. The molecule has 0 saturated heterocycles. The molecular formula is C29H26FNO5S. The molecule has 0 atom stereocenters. The minimum absolute atomic E-state index is 0.0576. The summed E-state index contributed by atoms with van der Waals surface area (Å²) in [5.41, 5.74) is 0.251. The first-order valence-corrected chi connectivity index (χ1v) is 13.5. The summed E-state index contributed by atoms with van der Waals surface area (Å²) < 4.78 is 53.0. The van der Waals surface area contributed by atoms with Crippen molar-refractivity contribution in [3.8, 4) is 11.5 Å². The van der Waals surface area contributed by atoms with Gasteiger partial charge in [0.1, 0.15) is 29.3 Å². The maximum Gasteiger partial charge on any atom is 0.318 e. The third-order valence-corrected chi connectivity index (χ3v) is 8.40. The Morgan fingerprint density at radius 1 is 0.838 bits per heavy atom. The number of nitrogens with zero attached hydrogens (tertiary/aromatic N) is 1. The van der Waals surface area contributed by atoms with Crippen molar-refractivity contribution in [1.82, 2.24) is 3.97 Å². The van der Waals surface area contributed by atoms with Crippen molar-refractivity contribution >= 4 is 16.0 Å². The van der Waals surface area contributed by atoms with Gasteiger partial charge >= 0.3 is 5.97 Å². The van der Waals surface area contributed by atoms with E-state index in [0.29, 0.717) is 30.0 Å². The van der Waals surface area contributed by atoms with Crippen molar-refractivity contribution < 1.29 is 27.1 Å². The van der Waals surface area contributed by atoms with Gasteiger partial charge < -0.3 is 9.47 Å².